The Bertz CT molecular complexity index is 745. The Morgan fingerprint density at radius 3 is 2.57 bits per heavy atom. The fraction of sp³-hybridized carbons (Fsp3) is 0.200. The van der Waals surface area contributed by atoms with Crippen molar-refractivity contribution < 1.29 is 27.8 Å². The van der Waals surface area contributed by atoms with E-state index in [-0.39, 0.29) is 17.1 Å². The summed E-state index contributed by atoms with van der Waals surface area (Å²) in [4.78, 5) is 16.2. The van der Waals surface area contributed by atoms with E-state index in [4.69, 9.17) is 4.74 Å². The third-order valence-corrected chi connectivity index (χ3v) is 2.96. The second kappa shape index (κ2) is 6.15. The first kappa shape index (κ1) is 16.6. The van der Waals surface area contributed by atoms with Crippen LogP contribution in [0.5, 0.6) is 11.6 Å². The van der Waals surface area contributed by atoms with Crippen molar-refractivity contribution in [2.24, 2.45) is 0 Å². The maximum Gasteiger partial charge on any atom is 0.420 e. The average Bonchev–Trinajstić information content (AvgIpc) is 2.47. The van der Waals surface area contributed by atoms with Gasteiger partial charge in [0, 0.05) is 23.0 Å². The highest BCUT2D eigenvalue weighted by Crippen LogP contribution is 2.37. The molecule has 1 heterocycles. The molecule has 5 nitrogen and oxygen atoms in total. The molecule has 0 aliphatic rings. The van der Waals surface area contributed by atoms with Gasteiger partial charge in [0.15, 0.2) is 0 Å². The number of nitrogens with zero attached hydrogens (tertiary/aromatic N) is 1. The highest BCUT2D eigenvalue weighted by Gasteiger charge is 2.34. The third kappa shape index (κ3) is 3.91. The first-order valence-electron chi connectivity index (χ1n) is 6.45. The number of alkyl halides is 3. The largest absolute Gasteiger partial charge is 0.507 e. The van der Waals surface area contributed by atoms with Crippen molar-refractivity contribution in [3.05, 3.63) is 47.2 Å². The van der Waals surface area contributed by atoms with Crippen LogP contribution >= 0.6 is 0 Å². The average molecular weight is 326 g/mol. The molecule has 0 bridgehead atoms. The van der Waals surface area contributed by atoms with Gasteiger partial charge in [0.2, 0.25) is 5.88 Å². The van der Waals surface area contributed by atoms with E-state index in [2.05, 4.69) is 10.3 Å². The molecule has 0 aliphatic carbocycles. The van der Waals surface area contributed by atoms with Crippen LogP contribution in [-0.2, 0) is 6.18 Å². The number of aromatic nitrogens is 1. The van der Waals surface area contributed by atoms with Crippen LogP contribution in [-0.4, -0.2) is 23.1 Å². The van der Waals surface area contributed by atoms with Crippen molar-refractivity contribution in [3.8, 4) is 11.6 Å². The molecule has 1 amide bonds. The van der Waals surface area contributed by atoms with Crippen molar-refractivity contribution in [1.29, 1.82) is 0 Å². The van der Waals surface area contributed by atoms with Gasteiger partial charge in [-0.2, -0.15) is 13.2 Å². The number of aromatic hydroxyl groups is 1. The Hall–Kier alpha value is -2.77. The first-order valence-corrected chi connectivity index (χ1v) is 6.45. The minimum Gasteiger partial charge on any atom is -0.507 e. The smallest absolute Gasteiger partial charge is 0.420 e. The minimum absolute atomic E-state index is 0.0893. The summed E-state index contributed by atoms with van der Waals surface area (Å²) in [6, 6.07) is 5.55. The molecule has 2 rings (SSSR count). The van der Waals surface area contributed by atoms with Crippen molar-refractivity contribution in [2.45, 2.75) is 13.1 Å². The van der Waals surface area contributed by atoms with Crippen LogP contribution in [0.3, 0.4) is 0 Å². The van der Waals surface area contributed by atoms with E-state index >= 15 is 0 Å². The van der Waals surface area contributed by atoms with Gasteiger partial charge in [-0.15, -0.1) is 0 Å². The van der Waals surface area contributed by atoms with E-state index in [1.54, 1.807) is 6.92 Å². The molecule has 1 aromatic heterocycles. The number of rotatable bonds is 3. The van der Waals surface area contributed by atoms with Crippen molar-refractivity contribution in [2.75, 3.05) is 12.4 Å². The Morgan fingerprint density at radius 2 is 1.96 bits per heavy atom. The monoisotopic (exact) mass is 326 g/mol. The van der Waals surface area contributed by atoms with Gasteiger partial charge < -0.3 is 15.2 Å². The van der Waals surface area contributed by atoms with E-state index in [0.717, 1.165) is 6.07 Å². The second-order valence-corrected chi connectivity index (χ2v) is 4.72. The van der Waals surface area contributed by atoms with E-state index in [0.29, 0.717) is 11.8 Å². The van der Waals surface area contributed by atoms with Crippen molar-refractivity contribution in [1.82, 2.24) is 4.98 Å². The zero-order chi connectivity index (χ0) is 17.2. The molecule has 0 unspecified atom stereocenters. The van der Waals surface area contributed by atoms with Crippen LogP contribution in [0.1, 0.15) is 21.6 Å². The summed E-state index contributed by atoms with van der Waals surface area (Å²) in [7, 11) is 1.39. The predicted octanol–water partition coefficient (Wildman–Crippen LogP) is 3.38. The lowest BCUT2D eigenvalue weighted by atomic mass is 10.1. The van der Waals surface area contributed by atoms with Crippen molar-refractivity contribution in [3.63, 3.8) is 0 Å². The van der Waals surface area contributed by atoms with E-state index in [1.807, 2.05) is 0 Å². The lowest BCUT2D eigenvalue weighted by Gasteiger charge is -2.12. The van der Waals surface area contributed by atoms with Crippen LogP contribution in [0.15, 0.2) is 30.3 Å². The number of amides is 1. The summed E-state index contributed by atoms with van der Waals surface area (Å²) in [6.07, 6.45) is -4.72. The molecular formula is C15H13F3N2O3. The summed E-state index contributed by atoms with van der Waals surface area (Å²) in [5, 5.41) is 11.6. The number of carbonyl (C=O) groups excluding carboxylic acids is 1. The van der Waals surface area contributed by atoms with Gasteiger partial charge in [-0.3, -0.25) is 4.79 Å². The number of hydrogen-bond donors (Lipinski definition) is 2. The molecule has 0 fully saturated rings. The van der Waals surface area contributed by atoms with Gasteiger partial charge >= 0.3 is 6.18 Å². The fourth-order valence-electron chi connectivity index (χ4n) is 1.92. The van der Waals surface area contributed by atoms with Crippen LogP contribution in [0.2, 0.25) is 0 Å². The number of pyridine rings is 1. The van der Waals surface area contributed by atoms with E-state index in [1.165, 1.54) is 25.3 Å². The number of phenolic OH excluding ortho intramolecular Hbond substituents is 1. The van der Waals surface area contributed by atoms with Crippen LogP contribution in [0.4, 0.5) is 18.9 Å². The molecule has 0 atom stereocenters. The summed E-state index contributed by atoms with van der Waals surface area (Å²) < 4.78 is 43.2. The normalized spacial score (nSPS) is 11.2. The number of benzene rings is 1. The lowest BCUT2D eigenvalue weighted by Crippen LogP contribution is -2.14. The molecule has 23 heavy (non-hydrogen) atoms. The highest BCUT2D eigenvalue weighted by molar-refractivity contribution is 6.04. The summed E-state index contributed by atoms with van der Waals surface area (Å²) in [6.45, 7) is 1.65. The quantitative estimate of drug-likeness (QED) is 0.848. The summed E-state index contributed by atoms with van der Waals surface area (Å²) in [5.41, 5.74) is -0.598. The molecule has 8 heteroatoms. The zero-order valence-electron chi connectivity index (χ0n) is 12.2. The van der Waals surface area contributed by atoms with Gasteiger partial charge in [0.1, 0.15) is 5.75 Å². The lowest BCUT2D eigenvalue weighted by molar-refractivity contribution is -0.138. The zero-order valence-corrected chi connectivity index (χ0v) is 12.2. The molecule has 1 aromatic carbocycles. The molecule has 2 N–H and O–H groups in total. The molecular weight excluding hydrogens is 313 g/mol. The number of methoxy groups -OCH3 is 1. The Labute approximate surface area is 129 Å². The maximum atomic E-state index is 12.7. The van der Waals surface area contributed by atoms with Gasteiger partial charge in [0.25, 0.3) is 5.91 Å². The molecule has 122 valence electrons. The third-order valence-electron chi connectivity index (χ3n) is 2.96. The standard InChI is InChI=1S/C15H13F3N2O3/c1-8-5-9(6-13(19-8)23-2)14(22)20-10-3-4-12(21)11(7-10)15(16,17)18/h3-7,21H,1-2H3,(H,20,22). The van der Waals surface area contributed by atoms with Crippen LogP contribution in [0, 0.1) is 6.92 Å². The SMILES string of the molecule is COc1cc(C(=O)Nc2ccc(O)c(C(F)(F)F)c2)cc(C)n1. The van der Waals surface area contributed by atoms with Crippen LogP contribution in [0.25, 0.3) is 0 Å². The maximum absolute atomic E-state index is 12.7. The van der Waals surface area contributed by atoms with Gasteiger partial charge in [-0.05, 0) is 31.2 Å². The number of aryl methyl sites for hydroxylation is 1. The number of ether oxygens (including phenoxy) is 1. The highest BCUT2D eigenvalue weighted by atomic mass is 19.4. The summed E-state index contributed by atoms with van der Waals surface area (Å²) >= 11 is 0. The van der Waals surface area contributed by atoms with Gasteiger partial charge in [-0.1, -0.05) is 0 Å². The number of hydrogen-bond acceptors (Lipinski definition) is 4. The Morgan fingerprint density at radius 1 is 1.26 bits per heavy atom. The molecule has 0 aliphatic heterocycles. The number of carbonyl (C=O) groups is 1. The number of anilines is 1. The molecule has 0 saturated carbocycles. The van der Waals surface area contributed by atoms with Gasteiger partial charge in [0.05, 0.1) is 12.7 Å². The number of nitrogens with one attached hydrogen (secondary N) is 1. The number of halogens is 3. The Kier molecular flexibility index (Phi) is 4.44. The number of phenols is 1. The van der Waals surface area contributed by atoms with E-state index in [9.17, 15) is 23.1 Å². The predicted molar refractivity (Wildman–Crippen MR) is 76.6 cm³/mol. The van der Waals surface area contributed by atoms with E-state index < -0.39 is 23.4 Å². The molecule has 0 radical (unpaired) electrons. The topological polar surface area (TPSA) is 71.5 Å². The van der Waals surface area contributed by atoms with Crippen molar-refractivity contribution >= 4 is 11.6 Å². The van der Waals surface area contributed by atoms with Gasteiger partial charge in [-0.25, -0.2) is 4.98 Å². The van der Waals surface area contributed by atoms with Crippen LogP contribution < -0.4 is 10.1 Å². The first-order chi connectivity index (χ1) is 10.7. The Balaban J connectivity index is 2.29. The molecule has 0 spiro atoms. The minimum atomic E-state index is -4.72. The second-order valence-electron chi connectivity index (χ2n) is 4.72. The molecule has 0 saturated heterocycles. The summed E-state index contributed by atoms with van der Waals surface area (Å²) in [5.74, 6) is -1.30. The molecule has 2 aromatic rings. The fourth-order valence-corrected chi connectivity index (χ4v) is 1.92.